The van der Waals surface area contributed by atoms with Crippen molar-refractivity contribution < 1.29 is 4.79 Å². The average molecular weight is 256 g/mol. The Morgan fingerprint density at radius 3 is 2.71 bits per heavy atom. The highest BCUT2D eigenvalue weighted by Gasteiger charge is 2.15. The van der Waals surface area contributed by atoms with Crippen LogP contribution < -0.4 is 11.1 Å². The molecule has 0 radical (unpaired) electrons. The SMILES string of the molecule is CN(CC(=O)NC(C)(C)C)Cc1cnc(N)s1. The molecular weight excluding hydrogens is 236 g/mol. The smallest absolute Gasteiger partial charge is 0.234 e. The van der Waals surface area contributed by atoms with E-state index < -0.39 is 0 Å². The normalized spacial score (nSPS) is 11.8. The molecule has 0 atom stereocenters. The van der Waals surface area contributed by atoms with E-state index in [0.717, 1.165) is 4.88 Å². The monoisotopic (exact) mass is 256 g/mol. The highest BCUT2D eigenvalue weighted by Crippen LogP contribution is 2.15. The summed E-state index contributed by atoms with van der Waals surface area (Å²) in [4.78, 5) is 18.7. The Hall–Kier alpha value is -1.14. The van der Waals surface area contributed by atoms with Gasteiger partial charge in [-0.05, 0) is 27.8 Å². The lowest BCUT2D eigenvalue weighted by molar-refractivity contribution is -0.123. The van der Waals surface area contributed by atoms with Gasteiger partial charge in [0.2, 0.25) is 5.91 Å². The molecule has 5 nitrogen and oxygen atoms in total. The molecule has 0 aromatic carbocycles. The maximum absolute atomic E-state index is 11.7. The third-order valence-electron chi connectivity index (χ3n) is 1.93. The van der Waals surface area contributed by atoms with Gasteiger partial charge in [0.1, 0.15) is 0 Å². The van der Waals surface area contributed by atoms with Crippen molar-refractivity contribution >= 4 is 22.4 Å². The van der Waals surface area contributed by atoms with Gasteiger partial charge in [-0.1, -0.05) is 0 Å². The van der Waals surface area contributed by atoms with Crippen molar-refractivity contribution in [2.24, 2.45) is 0 Å². The second-order valence-electron chi connectivity index (χ2n) is 5.14. The molecule has 1 aromatic rings. The van der Waals surface area contributed by atoms with Gasteiger partial charge in [-0.2, -0.15) is 0 Å². The average Bonchev–Trinajstić information content (AvgIpc) is 2.46. The molecule has 0 spiro atoms. The van der Waals surface area contributed by atoms with E-state index >= 15 is 0 Å². The van der Waals surface area contributed by atoms with E-state index in [1.807, 2.05) is 32.7 Å². The highest BCUT2D eigenvalue weighted by atomic mass is 32.1. The minimum atomic E-state index is -0.188. The van der Waals surface area contributed by atoms with Gasteiger partial charge >= 0.3 is 0 Å². The number of nitrogens with two attached hydrogens (primary N) is 1. The van der Waals surface area contributed by atoms with Crippen molar-refractivity contribution in [2.45, 2.75) is 32.9 Å². The van der Waals surface area contributed by atoms with E-state index in [2.05, 4.69) is 10.3 Å². The number of carbonyl (C=O) groups is 1. The summed E-state index contributed by atoms with van der Waals surface area (Å²) in [6.07, 6.45) is 1.75. The number of hydrogen-bond donors (Lipinski definition) is 2. The van der Waals surface area contributed by atoms with Crippen molar-refractivity contribution in [2.75, 3.05) is 19.3 Å². The van der Waals surface area contributed by atoms with Gasteiger partial charge in [-0.25, -0.2) is 4.98 Å². The summed E-state index contributed by atoms with van der Waals surface area (Å²) in [7, 11) is 1.90. The summed E-state index contributed by atoms with van der Waals surface area (Å²) in [6, 6.07) is 0. The summed E-state index contributed by atoms with van der Waals surface area (Å²) < 4.78 is 0. The lowest BCUT2D eigenvalue weighted by Crippen LogP contribution is -2.45. The van der Waals surface area contributed by atoms with Gasteiger partial charge in [0.15, 0.2) is 5.13 Å². The minimum absolute atomic E-state index is 0.0255. The fourth-order valence-electron chi connectivity index (χ4n) is 1.42. The summed E-state index contributed by atoms with van der Waals surface area (Å²) in [5.74, 6) is 0.0255. The molecule has 0 bridgehead atoms. The molecule has 1 aromatic heterocycles. The Kier molecular flexibility index (Phi) is 4.47. The van der Waals surface area contributed by atoms with Crippen LogP contribution in [0.5, 0.6) is 0 Å². The number of hydrogen-bond acceptors (Lipinski definition) is 5. The Labute approximate surface area is 106 Å². The third kappa shape index (κ3) is 5.65. The molecule has 1 rings (SSSR count). The first-order valence-electron chi connectivity index (χ1n) is 5.46. The second-order valence-corrected chi connectivity index (χ2v) is 6.28. The van der Waals surface area contributed by atoms with E-state index in [0.29, 0.717) is 18.2 Å². The predicted octanol–water partition coefficient (Wildman–Crippen LogP) is 1.07. The number of thiazole rings is 1. The lowest BCUT2D eigenvalue weighted by Gasteiger charge is -2.23. The largest absolute Gasteiger partial charge is 0.375 e. The third-order valence-corrected chi connectivity index (χ3v) is 2.74. The number of likely N-dealkylation sites (N-methyl/N-ethyl adjacent to an activating group) is 1. The number of carbonyl (C=O) groups excluding carboxylic acids is 1. The van der Waals surface area contributed by atoms with Crippen molar-refractivity contribution in [1.29, 1.82) is 0 Å². The topological polar surface area (TPSA) is 71.2 Å². The minimum Gasteiger partial charge on any atom is -0.375 e. The predicted molar refractivity (Wildman–Crippen MR) is 70.8 cm³/mol. The molecule has 0 saturated carbocycles. The van der Waals surface area contributed by atoms with E-state index in [1.54, 1.807) is 6.20 Å². The number of rotatable bonds is 4. The van der Waals surface area contributed by atoms with E-state index in [9.17, 15) is 4.79 Å². The van der Waals surface area contributed by atoms with Crippen molar-refractivity contribution in [3.05, 3.63) is 11.1 Å². The maximum atomic E-state index is 11.7. The van der Waals surface area contributed by atoms with Crippen LogP contribution in [0.2, 0.25) is 0 Å². The molecule has 1 heterocycles. The molecule has 0 fully saturated rings. The fourth-order valence-corrected chi connectivity index (χ4v) is 2.18. The van der Waals surface area contributed by atoms with Gasteiger partial charge < -0.3 is 11.1 Å². The van der Waals surface area contributed by atoms with E-state index in [-0.39, 0.29) is 11.4 Å². The van der Waals surface area contributed by atoms with Crippen LogP contribution in [-0.4, -0.2) is 34.9 Å². The van der Waals surface area contributed by atoms with Crippen LogP contribution in [0.4, 0.5) is 5.13 Å². The molecule has 0 unspecified atom stereocenters. The summed E-state index contributed by atoms with van der Waals surface area (Å²) in [5, 5.41) is 3.49. The Morgan fingerprint density at radius 2 is 2.24 bits per heavy atom. The number of anilines is 1. The van der Waals surface area contributed by atoms with Crippen molar-refractivity contribution in [3.63, 3.8) is 0 Å². The zero-order valence-electron chi connectivity index (χ0n) is 10.8. The van der Waals surface area contributed by atoms with Gasteiger partial charge in [0, 0.05) is 23.2 Å². The van der Waals surface area contributed by atoms with Crippen LogP contribution >= 0.6 is 11.3 Å². The Bertz CT molecular complexity index is 383. The summed E-state index contributed by atoms with van der Waals surface area (Å²) in [6.45, 7) is 6.96. The molecular formula is C11H20N4OS. The quantitative estimate of drug-likeness (QED) is 0.845. The fraction of sp³-hybridized carbons (Fsp3) is 0.636. The zero-order valence-corrected chi connectivity index (χ0v) is 11.6. The van der Waals surface area contributed by atoms with Crippen LogP contribution in [0.25, 0.3) is 0 Å². The van der Waals surface area contributed by atoms with Gasteiger partial charge in [-0.3, -0.25) is 9.69 Å². The highest BCUT2D eigenvalue weighted by molar-refractivity contribution is 7.15. The number of nitrogens with one attached hydrogen (secondary N) is 1. The Balaban J connectivity index is 2.39. The van der Waals surface area contributed by atoms with Crippen LogP contribution in [0, 0.1) is 0 Å². The standard InChI is InChI=1S/C11H20N4OS/c1-11(2,3)14-9(16)7-15(4)6-8-5-13-10(12)17-8/h5H,6-7H2,1-4H3,(H2,12,13)(H,14,16). The van der Waals surface area contributed by atoms with Gasteiger partial charge in [0.05, 0.1) is 6.54 Å². The first-order chi connectivity index (χ1) is 7.76. The van der Waals surface area contributed by atoms with E-state index in [1.165, 1.54) is 11.3 Å². The van der Waals surface area contributed by atoms with Crippen molar-refractivity contribution in [1.82, 2.24) is 15.2 Å². The number of amides is 1. The summed E-state index contributed by atoms with van der Waals surface area (Å²) >= 11 is 1.45. The maximum Gasteiger partial charge on any atom is 0.234 e. The number of nitrogens with zero attached hydrogens (tertiary/aromatic N) is 2. The molecule has 6 heteroatoms. The first kappa shape index (κ1) is 13.9. The zero-order chi connectivity index (χ0) is 13.1. The molecule has 1 amide bonds. The lowest BCUT2D eigenvalue weighted by atomic mass is 10.1. The second kappa shape index (κ2) is 5.46. The van der Waals surface area contributed by atoms with Crippen LogP contribution in [0.3, 0.4) is 0 Å². The molecule has 3 N–H and O–H groups in total. The number of aromatic nitrogens is 1. The molecule has 96 valence electrons. The molecule has 0 aliphatic carbocycles. The van der Waals surface area contributed by atoms with Crippen LogP contribution in [0.1, 0.15) is 25.6 Å². The van der Waals surface area contributed by atoms with Gasteiger partial charge in [-0.15, -0.1) is 11.3 Å². The van der Waals surface area contributed by atoms with E-state index in [4.69, 9.17) is 5.73 Å². The van der Waals surface area contributed by atoms with Crippen molar-refractivity contribution in [3.8, 4) is 0 Å². The summed E-state index contributed by atoms with van der Waals surface area (Å²) in [5.41, 5.74) is 5.36. The Morgan fingerprint density at radius 1 is 1.59 bits per heavy atom. The van der Waals surface area contributed by atoms with Crippen LogP contribution in [-0.2, 0) is 11.3 Å². The van der Waals surface area contributed by atoms with Crippen LogP contribution in [0.15, 0.2) is 6.20 Å². The molecule has 0 aliphatic heterocycles. The number of nitrogen functional groups attached to an aromatic ring is 1. The molecule has 0 aliphatic rings. The molecule has 0 saturated heterocycles. The molecule has 17 heavy (non-hydrogen) atoms. The first-order valence-corrected chi connectivity index (χ1v) is 6.27. The van der Waals surface area contributed by atoms with Gasteiger partial charge in [0.25, 0.3) is 0 Å².